The second-order valence-corrected chi connectivity index (χ2v) is 7.01. The smallest absolute Gasteiger partial charge is 0.0297 e. The first-order valence-electron chi connectivity index (χ1n) is 8.54. The van der Waals surface area contributed by atoms with E-state index in [0.29, 0.717) is 18.1 Å². The molecule has 1 aromatic carbocycles. The molecule has 2 atom stereocenters. The number of aryl methyl sites for hydroxylation is 2. The lowest BCUT2D eigenvalue weighted by molar-refractivity contribution is 0.228. The van der Waals surface area contributed by atoms with Crippen LogP contribution in [0.15, 0.2) is 18.2 Å². The number of likely N-dealkylation sites (tertiary alicyclic amines) is 1. The molecule has 1 aliphatic rings. The third-order valence-corrected chi connectivity index (χ3v) is 4.88. The molecule has 2 nitrogen and oxygen atoms in total. The topological polar surface area (TPSA) is 15.3 Å². The van der Waals surface area contributed by atoms with Crippen LogP contribution >= 0.6 is 0 Å². The van der Waals surface area contributed by atoms with E-state index in [1.807, 2.05) is 0 Å². The maximum absolute atomic E-state index is 3.88. The van der Waals surface area contributed by atoms with Gasteiger partial charge in [0.1, 0.15) is 0 Å². The average molecular weight is 288 g/mol. The maximum atomic E-state index is 3.88. The largest absolute Gasteiger partial charge is 0.307 e. The number of hydrogen-bond acceptors (Lipinski definition) is 2. The Hall–Kier alpha value is -0.860. The van der Waals surface area contributed by atoms with Crippen molar-refractivity contribution in [1.29, 1.82) is 0 Å². The minimum Gasteiger partial charge on any atom is -0.307 e. The van der Waals surface area contributed by atoms with Gasteiger partial charge in [-0.1, -0.05) is 23.8 Å². The molecule has 118 valence electrons. The van der Waals surface area contributed by atoms with Crippen LogP contribution in [0.25, 0.3) is 0 Å². The summed E-state index contributed by atoms with van der Waals surface area (Å²) in [7, 11) is 0. The first-order chi connectivity index (χ1) is 9.97. The molecule has 2 rings (SSSR count). The summed E-state index contributed by atoms with van der Waals surface area (Å²) in [5.41, 5.74) is 4.22. The fourth-order valence-electron chi connectivity index (χ4n) is 3.47. The number of benzene rings is 1. The zero-order valence-corrected chi connectivity index (χ0v) is 14.4. The molecule has 1 heterocycles. The number of hydrogen-bond donors (Lipinski definition) is 1. The summed E-state index contributed by atoms with van der Waals surface area (Å²) in [6.07, 6.45) is 3.89. The highest BCUT2D eigenvalue weighted by Crippen LogP contribution is 2.22. The molecule has 0 aromatic heterocycles. The summed E-state index contributed by atoms with van der Waals surface area (Å²) in [5, 5.41) is 3.88. The van der Waals surface area contributed by atoms with Crippen LogP contribution < -0.4 is 5.32 Å². The van der Waals surface area contributed by atoms with Crippen molar-refractivity contribution in [2.75, 3.05) is 13.1 Å². The summed E-state index contributed by atoms with van der Waals surface area (Å²) < 4.78 is 0. The number of nitrogens with one attached hydrogen (secondary N) is 1. The van der Waals surface area contributed by atoms with Crippen LogP contribution in [0.3, 0.4) is 0 Å². The molecule has 0 saturated carbocycles. The Morgan fingerprint density at radius 1 is 1.10 bits per heavy atom. The van der Waals surface area contributed by atoms with Crippen molar-refractivity contribution in [2.24, 2.45) is 0 Å². The predicted molar refractivity (Wildman–Crippen MR) is 91.8 cm³/mol. The van der Waals surface area contributed by atoms with Crippen molar-refractivity contribution in [2.45, 2.75) is 72.0 Å². The molecule has 0 aliphatic carbocycles. The van der Waals surface area contributed by atoms with Gasteiger partial charge >= 0.3 is 0 Å². The van der Waals surface area contributed by atoms with Crippen molar-refractivity contribution in [3.05, 3.63) is 34.9 Å². The lowest BCUT2D eigenvalue weighted by Gasteiger charge is -2.26. The predicted octanol–water partition coefficient (Wildman–Crippen LogP) is 4.22. The third kappa shape index (κ3) is 4.55. The Labute approximate surface area is 130 Å². The van der Waals surface area contributed by atoms with E-state index in [1.54, 1.807) is 0 Å². The highest BCUT2D eigenvalue weighted by molar-refractivity contribution is 5.32. The number of nitrogens with zero attached hydrogens (tertiary/aromatic N) is 1. The second kappa shape index (κ2) is 7.42. The van der Waals surface area contributed by atoms with Crippen LogP contribution in [-0.4, -0.2) is 30.1 Å². The van der Waals surface area contributed by atoms with Gasteiger partial charge in [0.2, 0.25) is 0 Å². The summed E-state index contributed by atoms with van der Waals surface area (Å²) in [6.45, 7) is 13.8. The minimum absolute atomic E-state index is 0.445. The van der Waals surface area contributed by atoms with Gasteiger partial charge in [0.25, 0.3) is 0 Å². The van der Waals surface area contributed by atoms with Crippen molar-refractivity contribution in [3.63, 3.8) is 0 Å². The molecule has 0 radical (unpaired) electrons. The van der Waals surface area contributed by atoms with E-state index in [2.05, 4.69) is 63.0 Å². The van der Waals surface area contributed by atoms with Crippen LogP contribution in [0.5, 0.6) is 0 Å². The van der Waals surface area contributed by atoms with Gasteiger partial charge in [-0.15, -0.1) is 0 Å². The first kappa shape index (κ1) is 16.5. The fraction of sp³-hybridized carbons (Fsp3) is 0.684. The van der Waals surface area contributed by atoms with Crippen molar-refractivity contribution < 1.29 is 0 Å². The van der Waals surface area contributed by atoms with E-state index in [9.17, 15) is 0 Å². The van der Waals surface area contributed by atoms with Gasteiger partial charge in [0.05, 0.1) is 0 Å². The quantitative estimate of drug-likeness (QED) is 0.892. The van der Waals surface area contributed by atoms with Crippen LogP contribution in [0, 0.1) is 13.8 Å². The fourth-order valence-corrected chi connectivity index (χ4v) is 3.47. The van der Waals surface area contributed by atoms with Crippen molar-refractivity contribution in [1.82, 2.24) is 10.2 Å². The summed E-state index contributed by atoms with van der Waals surface area (Å²) >= 11 is 0. The van der Waals surface area contributed by atoms with Crippen molar-refractivity contribution >= 4 is 0 Å². The van der Waals surface area contributed by atoms with Crippen LogP contribution in [-0.2, 0) is 0 Å². The van der Waals surface area contributed by atoms with E-state index < -0.39 is 0 Å². The Morgan fingerprint density at radius 2 is 1.86 bits per heavy atom. The summed E-state index contributed by atoms with van der Waals surface area (Å²) in [6, 6.07) is 8.57. The van der Waals surface area contributed by atoms with Gasteiger partial charge in [0.15, 0.2) is 0 Å². The van der Waals surface area contributed by atoms with E-state index >= 15 is 0 Å². The van der Waals surface area contributed by atoms with Gasteiger partial charge in [-0.3, -0.25) is 0 Å². The molecule has 1 aromatic rings. The molecule has 1 N–H and O–H groups in total. The molecule has 2 heteroatoms. The molecule has 2 unspecified atom stereocenters. The second-order valence-electron chi connectivity index (χ2n) is 7.01. The normalized spacial score (nSPS) is 22.3. The molecule has 1 aliphatic heterocycles. The molecular weight excluding hydrogens is 256 g/mol. The molecule has 1 fully saturated rings. The number of rotatable bonds is 4. The maximum Gasteiger partial charge on any atom is 0.0297 e. The Morgan fingerprint density at radius 3 is 2.57 bits per heavy atom. The van der Waals surface area contributed by atoms with Crippen LogP contribution in [0.1, 0.15) is 62.8 Å². The molecule has 0 amide bonds. The highest BCUT2D eigenvalue weighted by Gasteiger charge is 2.20. The Bertz CT molecular complexity index is 453. The van der Waals surface area contributed by atoms with Gasteiger partial charge in [-0.2, -0.15) is 0 Å². The molecule has 1 saturated heterocycles. The highest BCUT2D eigenvalue weighted by atomic mass is 15.1. The zero-order chi connectivity index (χ0) is 15.4. The molecule has 21 heavy (non-hydrogen) atoms. The SMILES string of the molecule is Cc1ccc(C)c(C(C)NC2CCCN(C(C)C)CC2)c1. The summed E-state index contributed by atoms with van der Waals surface area (Å²) in [5.74, 6) is 0. The molecule has 0 bridgehead atoms. The molecule has 0 spiro atoms. The Kier molecular flexibility index (Phi) is 5.83. The molecular formula is C19H32N2. The van der Waals surface area contributed by atoms with Crippen LogP contribution in [0.4, 0.5) is 0 Å². The van der Waals surface area contributed by atoms with E-state index in [1.165, 1.54) is 49.0 Å². The van der Waals surface area contributed by atoms with E-state index in [-0.39, 0.29) is 0 Å². The van der Waals surface area contributed by atoms with Crippen LogP contribution in [0.2, 0.25) is 0 Å². The summed E-state index contributed by atoms with van der Waals surface area (Å²) in [4.78, 5) is 2.62. The van der Waals surface area contributed by atoms with Gasteiger partial charge in [0, 0.05) is 18.1 Å². The minimum atomic E-state index is 0.445. The van der Waals surface area contributed by atoms with E-state index in [0.717, 1.165) is 0 Å². The lowest BCUT2D eigenvalue weighted by Crippen LogP contribution is -2.35. The first-order valence-corrected chi connectivity index (χ1v) is 8.54. The van der Waals surface area contributed by atoms with Gasteiger partial charge < -0.3 is 10.2 Å². The van der Waals surface area contributed by atoms with Gasteiger partial charge in [-0.05, 0) is 78.1 Å². The Balaban J connectivity index is 1.96. The zero-order valence-electron chi connectivity index (χ0n) is 14.4. The van der Waals surface area contributed by atoms with Gasteiger partial charge in [-0.25, -0.2) is 0 Å². The third-order valence-electron chi connectivity index (χ3n) is 4.88. The monoisotopic (exact) mass is 288 g/mol. The average Bonchev–Trinajstić information content (AvgIpc) is 2.67. The van der Waals surface area contributed by atoms with Crippen molar-refractivity contribution in [3.8, 4) is 0 Å². The lowest BCUT2D eigenvalue weighted by atomic mass is 9.98. The van der Waals surface area contributed by atoms with E-state index in [4.69, 9.17) is 0 Å². The standard InChI is InChI=1S/C19H32N2/c1-14(2)21-11-6-7-18(10-12-21)20-17(5)19-13-15(3)8-9-16(19)4/h8-9,13-14,17-18,20H,6-7,10-12H2,1-5H3.